The summed E-state index contributed by atoms with van der Waals surface area (Å²) in [5, 5.41) is 0. The van der Waals surface area contributed by atoms with Crippen LogP contribution in [0.3, 0.4) is 0 Å². The summed E-state index contributed by atoms with van der Waals surface area (Å²) in [4.78, 5) is 14.5. The van der Waals surface area contributed by atoms with Gasteiger partial charge in [0, 0.05) is 46.4 Å². The van der Waals surface area contributed by atoms with Crippen molar-refractivity contribution in [2.75, 3.05) is 9.80 Å². The molecule has 2 aliphatic rings. The van der Waals surface area contributed by atoms with Crippen molar-refractivity contribution in [2.45, 2.75) is 13.8 Å². The van der Waals surface area contributed by atoms with Crippen molar-refractivity contribution in [2.24, 2.45) is 0 Å². The third-order valence-corrected chi connectivity index (χ3v) is 11.1. The van der Waals surface area contributed by atoms with Crippen LogP contribution in [0.25, 0.3) is 28.1 Å². The molecule has 0 fully saturated rings. The summed E-state index contributed by atoms with van der Waals surface area (Å²) in [7, 11) is 0. The Labute approximate surface area is 352 Å². The van der Waals surface area contributed by atoms with E-state index in [2.05, 4.69) is 185 Å². The van der Waals surface area contributed by atoms with Gasteiger partial charge in [-0.25, -0.2) is 4.98 Å². The zero-order valence-electron chi connectivity index (χ0n) is 31.7. The largest absolute Gasteiger partial charge is 2.00 e. The minimum atomic E-state index is -0.230. The van der Waals surface area contributed by atoms with Crippen LogP contribution in [0.1, 0.15) is 11.1 Å². The summed E-state index contributed by atoms with van der Waals surface area (Å²) in [5.74, 6) is 1.96. The molecule has 6 nitrogen and oxygen atoms in total. The van der Waals surface area contributed by atoms with Crippen LogP contribution in [0, 0.1) is 26.0 Å². The molecule has 11 rings (SSSR count). The average Bonchev–Trinajstić information content (AvgIpc) is 3.63. The fourth-order valence-electron chi connectivity index (χ4n) is 8.75. The summed E-state index contributed by atoms with van der Waals surface area (Å²) >= 11 is 0. The maximum absolute atomic E-state index is 6.39. The van der Waals surface area contributed by atoms with E-state index in [4.69, 9.17) is 9.72 Å². The summed E-state index contributed by atoms with van der Waals surface area (Å²) in [6.45, 7) is 4.11. The van der Waals surface area contributed by atoms with Crippen molar-refractivity contribution in [3.63, 3.8) is 0 Å². The molecule has 0 atom stereocenters. The predicted molar refractivity (Wildman–Crippen MR) is 232 cm³/mol. The molecule has 2 aromatic heterocycles. The maximum Gasteiger partial charge on any atom is 2.00 e. The van der Waals surface area contributed by atoms with E-state index < -0.39 is 0 Å². The Morgan fingerprint density at radius 3 is 1.83 bits per heavy atom. The number of nitrogens with zero attached hydrogens (tertiary/aromatic N) is 5. The maximum atomic E-state index is 6.39. The normalized spacial score (nSPS) is 12.4. The first kappa shape index (κ1) is 35.7. The van der Waals surface area contributed by atoms with Gasteiger partial charge in [0.25, 0.3) is 0 Å². The predicted octanol–water partition coefficient (Wildman–Crippen LogP) is 10.2. The van der Waals surface area contributed by atoms with Crippen molar-refractivity contribution >= 4 is 68.3 Å². The number of rotatable bonds is 6. The van der Waals surface area contributed by atoms with Gasteiger partial charge in [0.1, 0.15) is 0 Å². The number of hydrogen-bond donors (Lipinski definition) is 0. The van der Waals surface area contributed by atoms with Gasteiger partial charge in [-0.05, 0) is 90.7 Å². The number of para-hydroxylation sites is 5. The quantitative estimate of drug-likeness (QED) is 0.123. The van der Waals surface area contributed by atoms with Crippen molar-refractivity contribution < 1.29 is 25.8 Å². The van der Waals surface area contributed by atoms with E-state index in [1.165, 1.54) is 16.6 Å². The van der Waals surface area contributed by atoms with Gasteiger partial charge >= 0.3 is 21.1 Å². The Kier molecular flexibility index (Phi) is 8.84. The molecule has 278 valence electrons. The topological polar surface area (TPSA) is 46.4 Å². The summed E-state index contributed by atoms with van der Waals surface area (Å²) in [6.07, 6.45) is 1.74. The molecule has 0 spiro atoms. The SMILES string of the molecule is Cc1cccc(C)c1-n1c(-c2[c-]c3c(cc2)N(c2ccccc2)c2cccc4c2B3c2[c-]c(Oc3ccccn3)ccc2N4c2ccccc2)nc2ccccc21.[Pt+2]. The van der Waals surface area contributed by atoms with Gasteiger partial charge in [0.15, 0.2) is 0 Å². The molecular formula is C50H34BN5OPt. The van der Waals surface area contributed by atoms with Gasteiger partial charge in [-0.15, -0.1) is 47.4 Å². The van der Waals surface area contributed by atoms with Crippen LogP contribution in [0.5, 0.6) is 11.6 Å². The average molecular weight is 927 g/mol. The van der Waals surface area contributed by atoms with E-state index in [9.17, 15) is 0 Å². The number of anilines is 6. The van der Waals surface area contributed by atoms with Crippen LogP contribution >= 0.6 is 0 Å². The fourth-order valence-corrected chi connectivity index (χ4v) is 8.75. The molecule has 8 heteroatoms. The Morgan fingerprint density at radius 2 is 1.16 bits per heavy atom. The molecule has 0 N–H and O–H groups in total. The van der Waals surface area contributed by atoms with Gasteiger partial charge in [-0.2, -0.15) is 5.46 Å². The molecule has 4 heterocycles. The van der Waals surface area contributed by atoms with Crippen LogP contribution < -0.4 is 30.9 Å². The third kappa shape index (κ3) is 5.68. The molecular weight excluding hydrogens is 892 g/mol. The van der Waals surface area contributed by atoms with Gasteiger partial charge < -0.3 is 19.1 Å². The van der Waals surface area contributed by atoms with E-state index in [-0.39, 0.29) is 27.8 Å². The number of ether oxygens (including phenoxy) is 1. The van der Waals surface area contributed by atoms with Crippen molar-refractivity contribution in [3.05, 3.63) is 193 Å². The first-order valence-electron chi connectivity index (χ1n) is 19.2. The van der Waals surface area contributed by atoms with Gasteiger partial charge in [0.05, 0.1) is 16.9 Å². The fraction of sp³-hybridized carbons (Fsp3) is 0.0400. The molecule has 58 heavy (non-hydrogen) atoms. The summed E-state index contributed by atoms with van der Waals surface area (Å²) in [6, 6.07) is 64.7. The number of imidazole rings is 1. The number of fused-ring (bicyclic) bond motifs is 5. The van der Waals surface area contributed by atoms with Crippen LogP contribution in [-0.2, 0) is 21.1 Å². The van der Waals surface area contributed by atoms with Crippen LogP contribution in [0.15, 0.2) is 170 Å². The van der Waals surface area contributed by atoms with E-state index in [1.54, 1.807) is 6.20 Å². The number of hydrogen-bond acceptors (Lipinski definition) is 5. The molecule has 0 bridgehead atoms. The van der Waals surface area contributed by atoms with E-state index in [1.807, 2.05) is 24.3 Å². The molecule has 2 aliphatic heterocycles. The standard InChI is InChI=1S/C50H34BN5O.Pt/c1-33-15-13-16-34(2)49(33)56-44-22-10-9-21-41(44)53-50(56)35-26-28-42-39(31-35)51-40-32-38(57-47-25-11-12-30-52-47)27-29-43(40)55(37-19-7-4-8-20-37)46-24-14-23-45(48(46)51)54(42)36-17-5-3-6-18-36;/h3-30H,1-2H3;/q-2;+2. The van der Waals surface area contributed by atoms with E-state index in [0.29, 0.717) is 11.6 Å². The van der Waals surface area contributed by atoms with Gasteiger partial charge in [0.2, 0.25) is 12.6 Å². The van der Waals surface area contributed by atoms with Crippen LogP contribution in [0.4, 0.5) is 34.1 Å². The molecule has 7 aromatic carbocycles. The summed E-state index contributed by atoms with van der Waals surface area (Å²) in [5.41, 5.74) is 16.1. The second kappa shape index (κ2) is 14.4. The molecule has 0 saturated heterocycles. The van der Waals surface area contributed by atoms with Crippen LogP contribution in [0.2, 0.25) is 0 Å². The zero-order valence-corrected chi connectivity index (χ0v) is 34.0. The van der Waals surface area contributed by atoms with Crippen LogP contribution in [-0.4, -0.2) is 21.2 Å². The monoisotopic (exact) mass is 926 g/mol. The molecule has 0 amide bonds. The zero-order chi connectivity index (χ0) is 38.0. The Morgan fingerprint density at radius 1 is 0.552 bits per heavy atom. The van der Waals surface area contributed by atoms with Gasteiger partial charge in [-0.3, -0.25) is 4.98 Å². The Hall–Kier alpha value is -6.69. The number of benzene rings is 7. The molecule has 0 unspecified atom stereocenters. The van der Waals surface area contributed by atoms with Crippen molar-refractivity contribution in [1.29, 1.82) is 0 Å². The van der Waals surface area contributed by atoms with Crippen molar-refractivity contribution in [3.8, 4) is 28.7 Å². The summed E-state index contributed by atoms with van der Waals surface area (Å²) < 4.78 is 8.70. The second-order valence-electron chi connectivity index (χ2n) is 14.5. The molecule has 0 radical (unpaired) electrons. The number of pyridine rings is 1. The van der Waals surface area contributed by atoms with E-state index >= 15 is 0 Å². The number of aryl methyl sites for hydroxylation is 2. The first-order chi connectivity index (χ1) is 28.1. The third-order valence-electron chi connectivity index (χ3n) is 11.1. The minimum Gasteiger partial charge on any atom is -0.466 e. The van der Waals surface area contributed by atoms with Crippen molar-refractivity contribution in [1.82, 2.24) is 14.5 Å². The van der Waals surface area contributed by atoms with Gasteiger partial charge in [-0.1, -0.05) is 84.6 Å². The first-order valence-corrected chi connectivity index (χ1v) is 19.2. The molecule has 9 aromatic rings. The van der Waals surface area contributed by atoms with E-state index in [0.717, 1.165) is 73.2 Å². The Balaban J connectivity index is 0.00000408. The number of aromatic nitrogens is 3. The smallest absolute Gasteiger partial charge is 0.466 e. The molecule has 0 aliphatic carbocycles. The Bertz CT molecular complexity index is 2960. The minimum absolute atomic E-state index is 0. The molecule has 0 saturated carbocycles. The second-order valence-corrected chi connectivity index (χ2v) is 14.5.